The molecule has 1 heterocycles. The van der Waals surface area contributed by atoms with Gasteiger partial charge in [0.1, 0.15) is 11.0 Å². The maximum atomic E-state index is 12.1. The summed E-state index contributed by atoms with van der Waals surface area (Å²) >= 11 is 0. The number of nitrogens with one attached hydrogen (secondary N) is 1. The highest BCUT2D eigenvalue weighted by atomic mass is 35.7. The fraction of sp³-hybridized carbons (Fsp3) is 0.667. The van der Waals surface area contributed by atoms with Gasteiger partial charge in [0.2, 0.25) is 0 Å². The Bertz CT molecular complexity index is 591. The van der Waals surface area contributed by atoms with E-state index < -0.39 is 15.0 Å². The third-order valence-corrected chi connectivity index (χ3v) is 4.70. The maximum absolute atomic E-state index is 12.1. The molecule has 112 valence electrons. The Kier molecular flexibility index (Phi) is 4.70. The van der Waals surface area contributed by atoms with Gasteiger partial charge in [-0.25, -0.2) is 13.2 Å². The first-order valence-corrected chi connectivity index (χ1v) is 8.97. The number of H-pyrrole nitrogens is 1. The summed E-state index contributed by atoms with van der Waals surface area (Å²) in [4.78, 5) is 11.8. The number of ether oxygens (including phenoxy) is 1. The molecule has 1 fully saturated rings. The van der Waals surface area contributed by atoms with Crippen LogP contribution in [-0.4, -0.2) is 30.7 Å². The predicted octanol–water partition coefficient (Wildman–Crippen LogP) is 2.39. The highest BCUT2D eigenvalue weighted by Gasteiger charge is 2.31. The predicted molar refractivity (Wildman–Crippen MR) is 73.3 cm³/mol. The van der Waals surface area contributed by atoms with Crippen LogP contribution in [-0.2, 0) is 20.2 Å². The van der Waals surface area contributed by atoms with Crippen molar-refractivity contribution in [2.75, 3.05) is 0 Å². The Morgan fingerprint density at radius 2 is 2.10 bits per heavy atom. The Balaban J connectivity index is 2.28. The number of nitrogens with zero attached hydrogens (tertiary/aromatic N) is 1. The van der Waals surface area contributed by atoms with Crippen LogP contribution in [0.5, 0.6) is 0 Å². The zero-order valence-electron chi connectivity index (χ0n) is 11.2. The molecule has 8 heteroatoms. The number of carbonyl (C=O) groups is 1. The van der Waals surface area contributed by atoms with Crippen molar-refractivity contribution in [3.63, 3.8) is 0 Å². The van der Waals surface area contributed by atoms with E-state index in [4.69, 9.17) is 15.4 Å². The number of esters is 1. The Morgan fingerprint density at radius 3 is 2.65 bits per heavy atom. The lowest BCUT2D eigenvalue weighted by Crippen LogP contribution is -2.17. The standard InChI is InChI=1S/C12H17ClN2O4S/c1-2-5-9-11(20(13,17)18)10(15-14-9)12(16)19-8-6-3-4-7-8/h8H,2-7H2,1H3,(H,14,15). The molecule has 0 unspecified atom stereocenters. The first kappa shape index (κ1) is 15.3. The van der Waals surface area contributed by atoms with Crippen LogP contribution < -0.4 is 0 Å². The van der Waals surface area contributed by atoms with Gasteiger partial charge in [-0.3, -0.25) is 5.10 Å². The molecular weight excluding hydrogens is 304 g/mol. The van der Waals surface area contributed by atoms with E-state index in [0.29, 0.717) is 18.5 Å². The van der Waals surface area contributed by atoms with Gasteiger partial charge in [-0.1, -0.05) is 13.3 Å². The minimum Gasteiger partial charge on any atom is -0.458 e. The highest BCUT2D eigenvalue weighted by Crippen LogP contribution is 2.27. The summed E-state index contributed by atoms with van der Waals surface area (Å²) in [5.74, 6) is -0.727. The summed E-state index contributed by atoms with van der Waals surface area (Å²) in [5.41, 5.74) is 0.108. The second kappa shape index (κ2) is 6.13. The number of aromatic amines is 1. The topological polar surface area (TPSA) is 89.1 Å². The summed E-state index contributed by atoms with van der Waals surface area (Å²) in [6.45, 7) is 1.89. The average molecular weight is 321 g/mol. The van der Waals surface area contributed by atoms with Gasteiger partial charge in [-0.05, 0) is 32.1 Å². The minimum atomic E-state index is -4.04. The molecule has 1 aromatic rings. The zero-order chi connectivity index (χ0) is 14.8. The largest absolute Gasteiger partial charge is 0.458 e. The van der Waals surface area contributed by atoms with Crippen LogP contribution in [0.4, 0.5) is 0 Å². The summed E-state index contributed by atoms with van der Waals surface area (Å²) in [5, 5.41) is 6.35. The van der Waals surface area contributed by atoms with Crippen molar-refractivity contribution in [3.05, 3.63) is 11.4 Å². The Hall–Kier alpha value is -1.08. The summed E-state index contributed by atoms with van der Waals surface area (Å²) < 4.78 is 28.6. The molecule has 2 rings (SSSR count). The second-order valence-electron chi connectivity index (χ2n) is 4.88. The fourth-order valence-electron chi connectivity index (χ4n) is 2.40. The van der Waals surface area contributed by atoms with Crippen molar-refractivity contribution in [1.82, 2.24) is 10.2 Å². The van der Waals surface area contributed by atoms with Crippen LogP contribution in [0.15, 0.2) is 4.90 Å². The molecule has 1 aliphatic rings. The van der Waals surface area contributed by atoms with Crippen LogP contribution in [0.25, 0.3) is 0 Å². The maximum Gasteiger partial charge on any atom is 0.360 e. The first-order chi connectivity index (χ1) is 9.43. The number of aromatic nitrogens is 2. The van der Waals surface area contributed by atoms with Crippen molar-refractivity contribution < 1.29 is 17.9 Å². The van der Waals surface area contributed by atoms with Gasteiger partial charge in [0.05, 0.1) is 5.69 Å². The first-order valence-electron chi connectivity index (χ1n) is 6.66. The van der Waals surface area contributed by atoms with E-state index in [1.165, 1.54) is 0 Å². The van der Waals surface area contributed by atoms with Crippen molar-refractivity contribution in [2.24, 2.45) is 0 Å². The van der Waals surface area contributed by atoms with Crippen molar-refractivity contribution in [3.8, 4) is 0 Å². The number of hydrogen-bond acceptors (Lipinski definition) is 5. The van der Waals surface area contributed by atoms with E-state index in [1.54, 1.807) is 0 Å². The molecule has 0 aliphatic heterocycles. The summed E-state index contributed by atoms with van der Waals surface area (Å²) in [7, 11) is 1.37. The van der Waals surface area contributed by atoms with Gasteiger partial charge in [0, 0.05) is 10.7 Å². The normalized spacial score (nSPS) is 16.5. The zero-order valence-corrected chi connectivity index (χ0v) is 12.8. The molecule has 1 aliphatic carbocycles. The molecule has 20 heavy (non-hydrogen) atoms. The van der Waals surface area contributed by atoms with E-state index in [9.17, 15) is 13.2 Å². The molecule has 1 saturated carbocycles. The third kappa shape index (κ3) is 3.32. The van der Waals surface area contributed by atoms with Gasteiger partial charge in [0.25, 0.3) is 9.05 Å². The van der Waals surface area contributed by atoms with Gasteiger partial charge in [0.15, 0.2) is 5.69 Å². The molecule has 0 radical (unpaired) electrons. The van der Waals surface area contributed by atoms with Crippen molar-refractivity contribution >= 4 is 25.7 Å². The summed E-state index contributed by atoms with van der Waals surface area (Å²) in [6, 6.07) is 0. The van der Waals surface area contributed by atoms with Crippen LogP contribution in [0.3, 0.4) is 0 Å². The fourth-order valence-corrected chi connectivity index (χ4v) is 3.70. The average Bonchev–Trinajstić information content (AvgIpc) is 2.97. The molecule has 0 amide bonds. The van der Waals surface area contributed by atoms with E-state index in [1.807, 2.05) is 6.92 Å². The van der Waals surface area contributed by atoms with Crippen molar-refractivity contribution in [1.29, 1.82) is 0 Å². The van der Waals surface area contributed by atoms with E-state index in [-0.39, 0.29) is 16.7 Å². The number of halogens is 1. The van der Waals surface area contributed by atoms with E-state index in [2.05, 4.69) is 10.2 Å². The van der Waals surface area contributed by atoms with Crippen LogP contribution >= 0.6 is 10.7 Å². The number of hydrogen-bond donors (Lipinski definition) is 1. The van der Waals surface area contributed by atoms with E-state index >= 15 is 0 Å². The molecule has 0 aromatic carbocycles. The lowest BCUT2D eigenvalue weighted by Gasteiger charge is -2.10. The van der Waals surface area contributed by atoms with Gasteiger partial charge >= 0.3 is 5.97 Å². The quantitative estimate of drug-likeness (QED) is 0.664. The molecule has 0 spiro atoms. The molecule has 1 N–H and O–H groups in total. The lowest BCUT2D eigenvalue weighted by molar-refractivity contribution is 0.0306. The van der Waals surface area contributed by atoms with Crippen LogP contribution in [0.2, 0.25) is 0 Å². The third-order valence-electron chi connectivity index (χ3n) is 3.30. The van der Waals surface area contributed by atoms with Gasteiger partial charge in [-0.15, -0.1) is 0 Å². The molecular formula is C12H17ClN2O4S. The second-order valence-corrected chi connectivity index (χ2v) is 7.38. The number of aryl methyl sites for hydroxylation is 1. The smallest absolute Gasteiger partial charge is 0.360 e. The Labute approximate surface area is 122 Å². The highest BCUT2D eigenvalue weighted by molar-refractivity contribution is 8.13. The van der Waals surface area contributed by atoms with E-state index in [0.717, 1.165) is 25.7 Å². The molecule has 0 atom stereocenters. The molecule has 1 aromatic heterocycles. The molecule has 0 bridgehead atoms. The van der Waals surface area contributed by atoms with Gasteiger partial charge < -0.3 is 4.74 Å². The monoisotopic (exact) mass is 320 g/mol. The SMILES string of the molecule is CCCc1[nH]nc(C(=O)OC2CCCC2)c1S(=O)(=O)Cl. The Morgan fingerprint density at radius 1 is 1.45 bits per heavy atom. The van der Waals surface area contributed by atoms with Crippen molar-refractivity contribution in [2.45, 2.75) is 56.4 Å². The summed E-state index contributed by atoms with van der Waals surface area (Å²) in [6.07, 6.45) is 4.64. The van der Waals surface area contributed by atoms with Gasteiger partial charge in [-0.2, -0.15) is 5.10 Å². The van der Waals surface area contributed by atoms with Crippen LogP contribution in [0, 0.1) is 0 Å². The van der Waals surface area contributed by atoms with Crippen LogP contribution in [0.1, 0.15) is 55.2 Å². The minimum absolute atomic E-state index is 0.153. The number of rotatable bonds is 5. The lowest BCUT2D eigenvalue weighted by atomic mass is 10.2. The number of carbonyl (C=O) groups excluding carboxylic acids is 1. The molecule has 0 saturated heterocycles. The molecule has 6 nitrogen and oxygen atoms in total.